The van der Waals surface area contributed by atoms with Crippen LogP contribution < -0.4 is 0 Å². The van der Waals surface area contributed by atoms with Crippen LogP contribution >= 0.6 is 0 Å². The van der Waals surface area contributed by atoms with E-state index in [4.69, 9.17) is 4.74 Å². The van der Waals surface area contributed by atoms with Crippen molar-refractivity contribution in [1.82, 2.24) is 0 Å². The molecule has 0 aliphatic heterocycles. The molecule has 10 atom stereocenters. The largest absolute Gasteiger partial charge is 0.463 e. The maximum Gasteiger partial charge on any atom is 0.302 e. The van der Waals surface area contributed by atoms with Crippen LogP contribution in [0.25, 0.3) is 0 Å². The zero-order valence-corrected chi connectivity index (χ0v) is 22.7. The minimum absolute atomic E-state index is 0.0235. The third kappa shape index (κ3) is 4.21. The number of esters is 1. The third-order valence-electron chi connectivity index (χ3n) is 12.1. The van der Waals surface area contributed by atoms with Crippen molar-refractivity contribution in [2.45, 2.75) is 131 Å². The van der Waals surface area contributed by atoms with E-state index < -0.39 is 5.60 Å². The fraction of sp³-hybridized carbons (Fsp3) is 0.967. The van der Waals surface area contributed by atoms with E-state index in [9.17, 15) is 9.90 Å². The van der Waals surface area contributed by atoms with Gasteiger partial charge < -0.3 is 9.84 Å². The summed E-state index contributed by atoms with van der Waals surface area (Å²) in [7, 11) is 0. The highest BCUT2D eigenvalue weighted by atomic mass is 16.5. The summed E-state index contributed by atoms with van der Waals surface area (Å²) < 4.78 is 5.61. The fourth-order valence-electron chi connectivity index (χ4n) is 9.54. The zero-order chi connectivity index (χ0) is 24.2. The van der Waals surface area contributed by atoms with Gasteiger partial charge in [0.15, 0.2) is 0 Å². The van der Waals surface area contributed by atoms with Crippen molar-refractivity contribution in [2.24, 2.45) is 52.3 Å². The second kappa shape index (κ2) is 9.14. The van der Waals surface area contributed by atoms with E-state index in [1.807, 2.05) is 0 Å². The molecule has 0 spiro atoms. The summed E-state index contributed by atoms with van der Waals surface area (Å²) in [6.45, 7) is 16.2. The summed E-state index contributed by atoms with van der Waals surface area (Å²) in [4.78, 5) is 11.5. The Bertz CT molecular complexity index is 717. The van der Waals surface area contributed by atoms with Crippen LogP contribution in [-0.2, 0) is 9.53 Å². The number of carbonyl (C=O) groups excluding carboxylic acids is 1. The van der Waals surface area contributed by atoms with Crippen molar-refractivity contribution in [3.63, 3.8) is 0 Å². The van der Waals surface area contributed by atoms with Gasteiger partial charge in [-0.2, -0.15) is 0 Å². The second-order valence-electron chi connectivity index (χ2n) is 13.8. The van der Waals surface area contributed by atoms with Gasteiger partial charge >= 0.3 is 5.97 Å². The maximum absolute atomic E-state index is 12.4. The molecule has 1 unspecified atom stereocenters. The molecule has 0 radical (unpaired) electrons. The molecule has 0 aromatic rings. The normalized spacial score (nSPS) is 46.8. The molecule has 0 heterocycles. The Kier molecular flexibility index (Phi) is 7.07. The van der Waals surface area contributed by atoms with E-state index in [-0.39, 0.29) is 17.5 Å². The lowest BCUT2D eigenvalue weighted by Gasteiger charge is -2.65. The average molecular weight is 461 g/mol. The van der Waals surface area contributed by atoms with E-state index in [0.717, 1.165) is 55.8 Å². The summed E-state index contributed by atoms with van der Waals surface area (Å²) in [5.74, 6) is 4.65. The van der Waals surface area contributed by atoms with Gasteiger partial charge in [0.05, 0.1) is 5.60 Å². The van der Waals surface area contributed by atoms with Gasteiger partial charge in [0.25, 0.3) is 0 Å². The Morgan fingerprint density at radius 3 is 2.30 bits per heavy atom. The van der Waals surface area contributed by atoms with Gasteiger partial charge in [0.1, 0.15) is 6.10 Å². The molecular formula is C30H52O3. The Labute approximate surface area is 203 Å². The molecule has 3 nitrogen and oxygen atoms in total. The van der Waals surface area contributed by atoms with Gasteiger partial charge in [-0.3, -0.25) is 4.79 Å². The summed E-state index contributed by atoms with van der Waals surface area (Å²) in [6, 6.07) is 0. The van der Waals surface area contributed by atoms with Crippen LogP contribution in [-0.4, -0.2) is 22.8 Å². The number of ether oxygens (including phenoxy) is 1. The van der Waals surface area contributed by atoms with E-state index in [1.165, 1.54) is 45.4 Å². The van der Waals surface area contributed by atoms with Crippen molar-refractivity contribution in [1.29, 1.82) is 0 Å². The first-order valence-electron chi connectivity index (χ1n) is 14.3. The van der Waals surface area contributed by atoms with Gasteiger partial charge in [0, 0.05) is 6.92 Å². The van der Waals surface area contributed by atoms with E-state index >= 15 is 0 Å². The number of rotatable bonds is 6. The fourth-order valence-corrected chi connectivity index (χ4v) is 9.54. The van der Waals surface area contributed by atoms with Gasteiger partial charge in [-0.05, 0) is 110 Å². The molecule has 0 aromatic carbocycles. The highest BCUT2D eigenvalue weighted by Gasteiger charge is 2.67. The SMILES string of the molecule is CC(=O)O[C@H]1CC[C@@]2(C)C(CC[C@H]3[C@@H]4CC[C@H]([C@H](C)CC[C@H](C)C(C)C)[C@@]4(C)CC[C@@]32O)C1. The molecule has 4 aliphatic carbocycles. The predicted molar refractivity (Wildman–Crippen MR) is 135 cm³/mol. The molecule has 4 saturated carbocycles. The highest BCUT2D eigenvalue weighted by molar-refractivity contribution is 5.66. The smallest absolute Gasteiger partial charge is 0.302 e. The van der Waals surface area contributed by atoms with Gasteiger partial charge in [0.2, 0.25) is 0 Å². The van der Waals surface area contributed by atoms with Crippen LogP contribution in [0.15, 0.2) is 0 Å². The molecule has 4 rings (SSSR count). The maximum atomic E-state index is 12.4. The molecule has 0 amide bonds. The van der Waals surface area contributed by atoms with Crippen LogP contribution in [0.1, 0.15) is 119 Å². The summed E-state index contributed by atoms with van der Waals surface area (Å²) in [6.07, 6.45) is 12.8. The molecule has 4 aliphatic rings. The molecule has 190 valence electrons. The van der Waals surface area contributed by atoms with Gasteiger partial charge in [-0.15, -0.1) is 0 Å². The summed E-state index contributed by atoms with van der Waals surface area (Å²) in [5, 5.41) is 12.4. The monoisotopic (exact) mass is 460 g/mol. The molecule has 3 heteroatoms. The number of aliphatic hydroxyl groups is 1. The number of hydrogen-bond acceptors (Lipinski definition) is 3. The van der Waals surface area contributed by atoms with Crippen molar-refractivity contribution in [2.75, 3.05) is 0 Å². The summed E-state index contributed by atoms with van der Waals surface area (Å²) in [5.41, 5.74) is -0.161. The predicted octanol–water partition coefficient (Wildman–Crippen LogP) is 7.40. The van der Waals surface area contributed by atoms with Crippen molar-refractivity contribution >= 4 is 5.97 Å². The molecule has 33 heavy (non-hydrogen) atoms. The number of hydrogen-bond donors (Lipinski definition) is 1. The first-order valence-corrected chi connectivity index (χ1v) is 14.3. The Balaban J connectivity index is 1.48. The van der Waals surface area contributed by atoms with Crippen molar-refractivity contribution in [3.05, 3.63) is 0 Å². The lowest BCUT2D eigenvalue weighted by molar-refractivity contribution is -0.243. The first-order chi connectivity index (χ1) is 15.4. The molecule has 4 fully saturated rings. The first kappa shape index (κ1) is 25.5. The summed E-state index contributed by atoms with van der Waals surface area (Å²) >= 11 is 0. The van der Waals surface area contributed by atoms with Crippen LogP contribution in [0.4, 0.5) is 0 Å². The third-order valence-corrected chi connectivity index (χ3v) is 12.1. The Hall–Kier alpha value is -0.570. The Morgan fingerprint density at radius 1 is 0.939 bits per heavy atom. The minimum Gasteiger partial charge on any atom is -0.463 e. The van der Waals surface area contributed by atoms with Crippen LogP contribution in [0.5, 0.6) is 0 Å². The Morgan fingerprint density at radius 2 is 1.64 bits per heavy atom. The molecular weight excluding hydrogens is 408 g/mol. The zero-order valence-electron chi connectivity index (χ0n) is 22.7. The standard InChI is InChI=1S/C30H52O3/c1-19(2)20(3)8-9-21(4)25-12-13-26-27-11-10-23-18-24(33-22(5)31)14-15-29(23,7)30(27,32)17-16-28(25,26)6/h19-21,23-27,32H,8-18H2,1-7H3/t20-,21+,23?,24-,25+,26-,27-,28+,29-,30+/m0/s1. The van der Waals surface area contributed by atoms with Crippen LogP contribution in [0, 0.1) is 52.3 Å². The second-order valence-corrected chi connectivity index (χ2v) is 13.8. The molecule has 0 aromatic heterocycles. The molecule has 0 saturated heterocycles. The van der Waals surface area contributed by atoms with Crippen LogP contribution in [0.2, 0.25) is 0 Å². The molecule has 0 bridgehead atoms. The van der Waals surface area contributed by atoms with Gasteiger partial charge in [-0.1, -0.05) is 54.4 Å². The average Bonchev–Trinajstić information content (AvgIpc) is 3.09. The number of carbonyl (C=O) groups is 1. The van der Waals surface area contributed by atoms with Crippen molar-refractivity contribution in [3.8, 4) is 0 Å². The lowest BCUT2D eigenvalue weighted by Crippen LogP contribution is -2.65. The molecule has 1 N–H and O–H groups in total. The number of fused-ring (bicyclic) bond motifs is 5. The van der Waals surface area contributed by atoms with E-state index in [2.05, 4.69) is 41.5 Å². The van der Waals surface area contributed by atoms with E-state index in [0.29, 0.717) is 23.2 Å². The van der Waals surface area contributed by atoms with Crippen LogP contribution in [0.3, 0.4) is 0 Å². The highest BCUT2D eigenvalue weighted by Crippen LogP contribution is 2.70. The van der Waals surface area contributed by atoms with E-state index in [1.54, 1.807) is 0 Å². The van der Waals surface area contributed by atoms with Crippen molar-refractivity contribution < 1.29 is 14.6 Å². The lowest BCUT2D eigenvalue weighted by atomic mass is 9.42. The minimum atomic E-state index is -0.536. The quantitative estimate of drug-likeness (QED) is 0.420. The van der Waals surface area contributed by atoms with Gasteiger partial charge in [-0.25, -0.2) is 0 Å². The topological polar surface area (TPSA) is 46.5 Å².